The second kappa shape index (κ2) is 6.23. The van der Waals surface area contributed by atoms with Crippen molar-refractivity contribution in [3.63, 3.8) is 0 Å². The third-order valence-electron chi connectivity index (χ3n) is 8.69. The number of fused-ring (bicyclic) bond motifs is 5. The average molecular weight is 398 g/mol. The quantitative estimate of drug-likeness (QED) is 0.733. The molecule has 7 atom stereocenters. The summed E-state index contributed by atoms with van der Waals surface area (Å²) in [7, 11) is 1.88. The Hall–Kier alpha value is -1.53. The van der Waals surface area contributed by atoms with Gasteiger partial charge in [0.1, 0.15) is 0 Å². The second-order valence-corrected chi connectivity index (χ2v) is 9.76. The van der Waals surface area contributed by atoms with Gasteiger partial charge in [0.2, 0.25) is 5.91 Å². The molecule has 28 heavy (non-hydrogen) atoms. The molecule has 0 bridgehead atoms. The van der Waals surface area contributed by atoms with Crippen molar-refractivity contribution in [2.45, 2.75) is 70.6 Å². The Labute approximate surface area is 163 Å². The van der Waals surface area contributed by atoms with Crippen LogP contribution >= 0.6 is 0 Å². The van der Waals surface area contributed by atoms with E-state index in [1.807, 2.05) is 11.9 Å². The van der Waals surface area contributed by atoms with Crippen LogP contribution in [0.4, 0.5) is 13.2 Å². The highest BCUT2D eigenvalue weighted by molar-refractivity contribution is 5.89. The van der Waals surface area contributed by atoms with Crippen molar-refractivity contribution in [1.82, 2.24) is 10.2 Å². The van der Waals surface area contributed by atoms with E-state index in [-0.39, 0.29) is 22.8 Å². The van der Waals surface area contributed by atoms with Gasteiger partial charge >= 0.3 is 12.1 Å². The molecule has 1 heterocycles. The standard InChI is InChI=1S/C21H29F3N2O2/c1-19-10-8-14-12(4-7-16-20(14,2)11-9-17(27)26(16)3)13(19)5-6-15(19)25-18(28)21(22,23)24/h9,11-16H,4-8,10H2,1-3H3,(H,25,28)/t12-,13-,14-,15-,16+,19-,20+/m0/s1. The number of amides is 2. The zero-order valence-electron chi connectivity index (χ0n) is 16.7. The van der Waals surface area contributed by atoms with Crippen LogP contribution in [0.1, 0.15) is 52.4 Å². The van der Waals surface area contributed by atoms with E-state index in [0.29, 0.717) is 24.2 Å². The molecular weight excluding hydrogens is 369 g/mol. The fourth-order valence-electron chi connectivity index (χ4n) is 7.22. The van der Waals surface area contributed by atoms with Crippen LogP contribution in [-0.2, 0) is 9.59 Å². The van der Waals surface area contributed by atoms with Gasteiger partial charge in [-0.05, 0) is 67.8 Å². The Morgan fingerprint density at radius 1 is 1.14 bits per heavy atom. The first-order valence-corrected chi connectivity index (χ1v) is 10.3. The Morgan fingerprint density at radius 3 is 2.54 bits per heavy atom. The Balaban J connectivity index is 1.58. The predicted octanol–water partition coefficient (Wildman–Crippen LogP) is 3.67. The van der Waals surface area contributed by atoms with E-state index in [1.54, 1.807) is 6.08 Å². The van der Waals surface area contributed by atoms with E-state index >= 15 is 0 Å². The molecular formula is C21H29F3N2O2. The van der Waals surface area contributed by atoms with Gasteiger partial charge in [-0.15, -0.1) is 0 Å². The van der Waals surface area contributed by atoms with Gasteiger partial charge in [0.25, 0.3) is 0 Å². The molecule has 1 N–H and O–H groups in total. The minimum Gasteiger partial charge on any atom is -0.345 e. The van der Waals surface area contributed by atoms with E-state index in [4.69, 9.17) is 0 Å². The number of hydrogen-bond donors (Lipinski definition) is 1. The number of halogens is 3. The molecule has 0 aromatic rings. The lowest BCUT2D eigenvalue weighted by Crippen LogP contribution is -2.60. The maximum atomic E-state index is 12.8. The summed E-state index contributed by atoms with van der Waals surface area (Å²) in [4.78, 5) is 25.5. The first-order chi connectivity index (χ1) is 13.0. The zero-order valence-corrected chi connectivity index (χ0v) is 16.7. The molecule has 2 amide bonds. The number of rotatable bonds is 1. The molecule has 3 fully saturated rings. The van der Waals surface area contributed by atoms with Crippen LogP contribution < -0.4 is 5.32 Å². The van der Waals surface area contributed by atoms with Crippen molar-refractivity contribution in [3.05, 3.63) is 12.2 Å². The second-order valence-electron chi connectivity index (χ2n) is 9.76. The number of carbonyl (C=O) groups excluding carboxylic acids is 2. The van der Waals surface area contributed by atoms with Crippen molar-refractivity contribution in [2.24, 2.45) is 28.6 Å². The van der Waals surface area contributed by atoms with Crippen LogP contribution in [-0.4, -0.2) is 42.0 Å². The van der Waals surface area contributed by atoms with Crippen LogP contribution in [0, 0.1) is 28.6 Å². The number of likely N-dealkylation sites (N-methyl/N-ethyl adjacent to an activating group) is 1. The van der Waals surface area contributed by atoms with Gasteiger partial charge in [-0.25, -0.2) is 0 Å². The number of nitrogens with zero attached hydrogens (tertiary/aromatic N) is 1. The van der Waals surface area contributed by atoms with Crippen molar-refractivity contribution < 1.29 is 22.8 Å². The van der Waals surface area contributed by atoms with Gasteiger partial charge in [-0.1, -0.05) is 19.9 Å². The summed E-state index contributed by atoms with van der Waals surface area (Å²) in [5.41, 5.74) is -0.369. The highest BCUT2D eigenvalue weighted by atomic mass is 19.4. The molecule has 0 radical (unpaired) electrons. The molecule has 0 aromatic carbocycles. The summed E-state index contributed by atoms with van der Waals surface area (Å²) in [5.74, 6) is -0.587. The lowest BCUT2D eigenvalue weighted by molar-refractivity contribution is -0.175. The van der Waals surface area contributed by atoms with E-state index in [1.165, 1.54) is 0 Å². The monoisotopic (exact) mass is 398 g/mol. The van der Waals surface area contributed by atoms with Gasteiger partial charge in [-0.3, -0.25) is 9.59 Å². The van der Waals surface area contributed by atoms with E-state index < -0.39 is 18.1 Å². The number of carbonyl (C=O) groups is 2. The molecule has 3 saturated carbocycles. The number of hydrogen-bond acceptors (Lipinski definition) is 2. The van der Waals surface area contributed by atoms with Gasteiger partial charge in [0, 0.05) is 24.5 Å². The fraction of sp³-hybridized carbons (Fsp3) is 0.810. The average Bonchev–Trinajstić information content (AvgIpc) is 2.94. The molecule has 0 aromatic heterocycles. The maximum absolute atomic E-state index is 12.8. The van der Waals surface area contributed by atoms with Crippen LogP contribution in [0.25, 0.3) is 0 Å². The van der Waals surface area contributed by atoms with Gasteiger partial charge in [0.15, 0.2) is 0 Å². The molecule has 156 valence electrons. The minimum absolute atomic E-state index is 0.0531. The summed E-state index contributed by atoms with van der Waals surface area (Å²) < 4.78 is 38.3. The van der Waals surface area contributed by atoms with Crippen molar-refractivity contribution in [3.8, 4) is 0 Å². The Morgan fingerprint density at radius 2 is 1.86 bits per heavy atom. The van der Waals surface area contributed by atoms with Gasteiger partial charge < -0.3 is 10.2 Å². The molecule has 4 aliphatic rings. The van der Waals surface area contributed by atoms with Crippen LogP contribution in [0.15, 0.2) is 12.2 Å². The highest BCUT2D eigenvalue weighted by Crippen LogP contribution is 2.63. The fourth-order valence-corrected chi connectivity index (χ4v) is 7.22. The lowest BCUT2D eigenvalue weighted by atomic mass is 9.48. The van der Waals surface area contributed by atoms with E-state index in [9.17, 15) is 22.8 Å². The van der Waals surface area contributed by atoms with Crippen LogP contribution in [0.2, 0.25) is 0 Å². The summed E-state index contributed by atoms with van der Waals surface area (Å²) in [6.07, 6.45) is 4.09. The molecule has 3 aliphatic carbocycles. The largest absolute Gasteiger partial charge is 0.471 e. The third-order valence-corrected chi connectivity index (χ3v) is 8.69. The maximum Gasteiger partial charge on any atom is 0.471 e. The van der Waals surface area contributed by atoms with E-state index in [0.717, 1.165) is 32.1 Å². The smallest absolute Gasteiger partial charge is 0.345 e. The molecule has 1 aliphatic heterocycles. The van der Waals surface area contributed by atoms with Crippen molar-refractivity contribution >= 4 is 11.8 Å². The van der Waals surface area contributed by atoms with Gasteiger partial charge in [0.05, 0.1) is 0 Å². The summed E-state index contributed by atoms with van der Waals surface area (Å²) in [6.45, 7) is 4.32. The third kappa shape index (κ3) is 2.71. The van der Waals surface area contributed by atoms with E-state index in [2.05, 4.69) is 25.2 Å². The SMILES string of the molecule is CN1C(=O)C=C[C@]2(C)[C@H]3CC[C@]4(C)[C@@H](NC(=O)C(F)(F)F)CC[C@H]4[C@@H]3CC[C@@H]12. The first-order valence-electron chi connectivity index (χ1n) is 10.3. The van der Waals surface area contributed by atoms with Crippen molar-refractivity contribution in [1.29, 1.82) is 0 Å². The number of alkyl halides is 3. The predicted molar refractivity (Wildman–Crippen MR) is 98.1 cm³/mol. The normalized spacial score (nSPS) is 45.3. The Bertz CT molecular complexity index is 721. The molecule has 4 rings (SSSR count). The lowest BCUT2D eigenvalue weighted by Gasteiger charge is -2.60. The topological polar surface area (TPSA) is 49.4 Å². The minimum atomic E-state index is -4.83. The molecule has 7 heteroatoms. The molecule has 0 spiro atoms. The highest BCUT2D eigenvalue weighted by Gasteiger charge is 2.61. The molecule has 4 nitrogen and oxygen atoms in total. The summed E-state index contributed by atoms with van der Waals surface area (Å²) in [6, 6.07) is -0.220. The zero-order chi connectivity index (χ0) is 20.5. The molecule has 0 unspecified atom stereocenters. The first kappa shape index (κ1) is 19.8. The van der Waals surface area contributed by atoms with Crippen LogP contribution in [0.5, 0.6) is 0 Å². The summed E-state index contributed by atoms with van der Waals surface area (Å²) in [5, 5.41) is 2.30. The number of nitrogens with one attached hydrogen (secondary N) is 1. The van der Waals surface area contributed by atoms with Gasteiger partial charge in [-0.2, -0.15) is 13.2 Å². The van der Waals surface area contributed by atoms with Crippen molar-refractivity contribution in [2.75, 3.05) is 7.05 Å². The summed E-state index contributed by atoms with van der Waals surface area (Å²) >= 11 is 0. The Kier molecular flexibility index (Phi) is 4.40. The molecule has 0 saturated heterocycles. The van der Waals surface area contributed by atoms with Crippen LogP contribution in [0.3, 0.4) is 0 Å².